The molecule has 0 unspecified atom stereocenters. The molecule has 7 heteroatoms. The van der Waals surface area contributed by atoms with E-state index in [9.17, 15) is 0 Å². The van der Waals surface area contributed by atoms with Crippen molar-refractivity contribution in [3.05, 3.63) is 72.8 Å². The van der Waals surface area contributed by atoms with Crippen LogP contribution in [0.2, 0.25) is 0 Å². The number of rotatable bonds is 3. The molecule has 0 saturated carbocycles. The van der Waals surface area contributed by atoms with Crippen molar-refractivity contribution in [2.75, 3.05) is 0 Å². The van der Waals surface area contributed by atoms with Gasteiger partial charge in [-0.15, -0.1) is 11.3 Å². The van der Waals surface area contributed by atoms with Crippen molar-refractivity contribution in [2.24, 2.45) is 0 Å². The monoisotopic (exact) mass is 394 g/mol. The van der Waals surface area contributed by atoms with Crippen LogP contribution in [0.3, 0.4) is 0 Å². The van der Waals surface area contributed by atoms with E-state index in [0.717, 1.165) is 50.0 Å². The number of H-pyrrole nitrogens is 2. The number of thiophene rings is 1. The van der Waals surface area contributed by atoms with E-state index in [1.165, 1.54) is 4.88 Å². The highest BCUT2D eigenvalue weighted by atomic mass is 32.1. The summed E-state index contributed by atoms with van der Waals surface area (Å²) in [5.41, 5.74) is 6.66. The molecule has 0 atom stereocenters. The third kappa shape index (κ3) is 2.63. The van der Waals surface area contributed by atoms with Gasteiger partial charge in [-0.2, -0.15) is 5.10 Å². The maximum absolute atomic E-state index is 4.55. The minimum absolute atomic E-state index is 0.753. The highest BCUT2D eigenvalue weighted by Gasteiger charge is 2.15. The maximum Gasteiger partial charge on any atom is 0.155 e. The van der Waals surface area contributed by atoms with E-state index in [1.807, 2.05) is 36.9 Å². The number of hydrogen-bond donors (Lipinski definition) is 2. The number of fused-ring (bicyclic) bond motifs is 2. The Morgan fingerprint density at radius 1 is 0.862 bits per heavy atom. The Hall–Kier alpha value is -3.84. The Bertz CT molecular complexity index is 1450. The molecule has 6 nitrogen and oxygen atoms in total. The highest BCUT2D eigenvalue weighted by Crippen LogP contribution is 2.35. The van der Waals surface area contributed by atoms with Crippen LogP contribution in [-0.2, 0) is 0 Å². The fourth-order valence-corrected chi connectivity index (χ4v) is 4.36. The third-order valence-electron chi connectivity index (χ3n) is 5.00. The van der Waals surface area contributed by atoms with Gasteiger partial charge < -0.3 is 4.98 Å². The summed E-state index contributed by atoms with van der Waals surface area (Å²) in [5.74, 6) is 0. The van der Waals surface area contributed by atoms with E-state index >= 15 is 0 Å². The molecule has 6 aromatic rings. The lowest BCUT2D eigenvalue weighted by Gasteiger charge is -2.01. The van der Waals surface area contributed by atoms with Crippen LogP contribution in [0.1, 0.15) is 0 Å². The van der Waals surface area contributed by atoms with Gasteiger partial charge in [0, 0.05) is 57.1 Å². The molecule has 0 aromatic carbocycles. The molecule has 29 heavy (non-hydrogen) atoms. The molecule has 0 radical (unpaired) electrons. The van der Waals surface area contributed by atoms with Crippen molar-refractivity contribution in [3.63, 3.8) is 0 Å². The molecule has 2 N–H and O–H groups in total. The van der Waals surface area contributed by atoms with Crippen molar-refractivity contribution in [2.45, 2.75) is 0 Å². The smallest absolute Gasteiger partial charge is 0.155 e. The normalized spacial score (nSPS) is 11.4. The number of aromatic nitrogens is 6. The fraction of sp³-hybridized carbons (Fsp3) is 0. The molecule has 0 saturated heterocycles. The summed E-state index contributed by atoms with van der Waals surface area (Å²) in [6.45, 7) is 0. The van der Waals surface area contributed by atoms with Crippen LogP contribution in [0, 0.1) is 0 Å². The van der Waals surface area contributed by atoms with Gasteiger partial charge in [0.15, 0.2) is 5.65 Å². The summed E-state index contributed by atoms with van der Waals surface area (Å²) in [7, 11) is 0. The Morgan fingerprint density at radius 2 is 1.86 bits per heavy atom. The van der Waals surface area contributed by atoms with Gasteiger partial charge in [-0.3, -0.25) is 15.1 Å². The zero-order valence-electron chi connectivity index (χ0n) is 15.1. The lowest BCUT2D eigenvalue weighted by atomic mass is 10.1. The predicted molar refractivity (Wildman–Crippen MR) is 116 cm³/mol. The largest absolute Gasteiger partial charge is 0.352 e. The first-order chi connectivity index (χ1) is 14.4. The number of aromatic amines is 2. The van der Waals surface area contributed by atoms with Crippen LogP contribution in [0.15, 0.2) is 72.8 Å². The summed E-state index contributed by atoms with van der Waals surface area (Å²) in [5, 5.41) is 11.7. The van der Waals surface area contributed by atoms with E-state index in [1.54, 1.807) is 17.5 Å². The zero-order chi connectivity index (χ0) is 19.2. The summed E-state index contributed by atoms with van der Waals surface area (Å²) >= 11 is 1.71. The van der Waals surface area contributed by atoms with Gasteiger partial charge in [-0.25, -0.2) is 4.98 Å². The molecule has 0 spiro atoms. The molecule has 6 aromatic heterocycles. The number of pyridine rings is 3. The average Bonchev–Trinajstić information content (AvgIpc) is 3.52. The first kappa shape index (κ1) is 16.1. The molecule has 0 bridgehead atoms. The van der Waals surface area contributed by atoms with Crippen LogP contribution < -0.4 is 0 Å². The first-order valence-electron chi connectivity index (χ1n) is 9.12. The standard InChI is InChI=1S/C22H14N6S/c1-3-13(9-23-5-1)14-7-16-21(27-28-22(16)25-10-14)18-8-15-17(20-4-2-6-29-20)11-24-12-19(15)26-18/h1-12,26H,(H,25,27,28). The number of hydrogen-bond acceptors (Lipinski definition) is 5. The van der Waals surface area contributed by atoms with Crippen molar-refractivity contribution in [1.82, 2.24) is 30.1 Å². The summed E-state index contributed by atoms with van der Waals surface area (Å²) < 4.78 is 0. The molecule has 0 aliphatic carbocycles. The minimum atomic E-state index is 0.753. The van der Waals surface area contributed by atoms with Crippen molar-refractivity contribution in [3.8, 4) is 33.0 Å². The van der Waals surface area contributed by atoms with Gasteiger partial charge in [-0.05, 0) is 29.6 Å². The predicted octanol–water partition coefficient (Wildman–Crippen LogP) is 5.29. The highest BCUT2D eigenvalue weighted by molar-refractivity contribution is 7.13. The second-order valence-electron chi connectivity index (χ2n) is 6.74. The molecule has 0 amide bonds. The number of nitrogens with zero attached hydrogens (tertiary/aromatic N) is 4. The summed E-state index contributed by atoms with van der Waals surface area (Å²) in [4.78, 5) is 17.8. The average molecular weight is 394 g/mol. The maximum atomic E-state index is 4.55. The van der Waals surface area contributed by atoms with Gasteiger partial charge in [0.25, 0.3) is 0 Å². The Balaban J connectivity index is 1.53. The Kier molecular flexibility index (Phi) is 3.54. The van der Waals surface area contributed by atoms with Crippen LogP contribution in [-0.4, -0.2) is 30.1 Å². The zero-order valence-corrected chi connectivity index (χ0v) is 15.9. The minimum Gasteiger partial charge on any atom is -0.352 e. The van der Waals surface area contributed by atoms with Crippen molar-refractivity contribution >= 4 is 33.3 Å². The molecule has 0 fully saturated rings. The van der Waals surface area contributed by atoms with Gasteiger partial charge in [-0.1, -0.05) is 12.1 Å². The second kappa shape index (κ2) is 6.35. The molecule has 0 aliphatic heterocycles. The van der Waals surface area contributed by atoms with Crippen LogP contribution >= 0.6 is 11.3 Å². The van der Waals surface area contributed by atoms with Crippen LogP contribution in [0.5, 0.6) is 0 Å². The fourth-order valence-electron chi connectivity index (χ4n) is 3.61. The lowest BCUT2D eigenvalue weighted by molar-refractivity contribution is 1.10. The molecule has 138 valence electrons. The van der Waals surface area contributed by atoms with E-state index in [2.05, 4.69) is 59.8 Å². The van der Waals surface area contributed by atoms with E-state index < -0.39 is 0 Å². The van der Waals surface area contributed by atoms with E-state index in [0.29, 0.717) is 0 Å². The van der Waals surface area contributed by atoms with E-state index in [4.69, 9.17) is 0 Å². The SMILES string of the molecule is c1cncc(-c2cnc3[nH]nc(-c4cc5c(-c6cccs6)cncc5[nH]4)c3c2)c1. The van der Waals surface area contributed by atoms with Gasteiger partial charge in [0.05, 0.1) is 17.4 Å². The Morgan fingerprint density at radius 3 is 2.72 bits per heavy atom. The topological polar surface area (TPSA) is 83.1 Å². The molecule has 6 rings (SSSR count). The number of nitrogens with one attached hydrogen (secondary N) is 2. The van der Waals surface area contributed by atoms with Crippen LogP contribution in [0.25, 0.3) is 54.9 Å². The third-order valence-corrected chi connectivity index (χ3v) is 5.90. The van der Waals surface area contributed by atoms with Crippen molar-refractivity contribution < 1.29 is 0 Å². The molecule has 6 heterocycles. The quantitative estimate of drug-likeness (QED) is 0.427. The Labute approximate surface area is 169 Å². The molecule has 0 aliphatic rings. The van der Waals surface area contributed by atoms with E-state index in [-0.39, 0.29) is 0 Å². The summed E-state index contributed by atoms with van der Waals surface area (Å²) in [6, 6.07) is 12.4. The van der Waals surface area contributed by atoms with Gasteiger partial charge >= 0.3 is 0 Å². The molecular weight excluding hydrogens is 380 g/mol. The van der Waals surface area contributed by atoms with Gasteiger partial charge in [0.2, 0.25) is 0 Å². The first-order valence-corrected chi connectivity index (χ1v) is 10.0. The molecular formula is C22H14N6S. The second-order valence-corrected chi connectivity index (χ2v) is 7.69. The van der Waals surface area contributed by atoms with Gasteiger partial charge in [0.1, 0.15) is 5.69 Å². The van der Waals surface area contributed by atoms with Crippen LogP contribution in [0.4, 0.5) is 0 Å². The van der Waals surface area contributed by atoms with Crippen molar-refractivity contribution in [1.29, 1.82) is 0 Å². The summed E-state index contributed by atoms with van der Waals surface area (Å²) in [6.07, 6.45) is 9.21. The lowest BCUT2D eigenvalue weighted by Crippen LogP contribution is -1.83.